The minimum Gasteiger partial charge on any atom is -0.444 e. The van der Waals surface area contributed by atoms with E-state index >= 15 is 0 Å². The third-order valence-electron chi connectivity index (χ3n) is 8.52. The monoisotopic (exact) mass is 579 g/mol. The molecule has 0 bridgehead atoms. The van der Waals surface area contributed by atoms with Crippen molar-refractivity contribution in [3.05, 3.63) is 41.2 Å². The summed E-state index contributed by atoms with van der Waals surface area (Å²) in [6.07, 6.45) is 0.395. The Morgan fingerprint density at radius 2 is 1.80 bits per heavy atom. The van der Waals surface area contributed by atoms with Crippen LogP contribution in [0.4, 0.5) is 18.0 Å². The lowest BCUT2D eigenvalue weighted by molar-refractivity contribution is -0.137. The zero-order valence-electron chi connectivity index (χ0n) is 23.8. The van der Waals surface area contributed by atoms with Crippen LogP contribution in [0.2, 0.25) is 0 Å². The molecular weight excluding hydrogens is 539 g/mol. The van der Waals surface area contributed by atoms with Crippen molar-refractivity contribution in [3.8, 4) is 0 Å². The van der Waals surface area contributed by atoms with Crippen LogP contribution in [0, 0.1) is 5.41 Å². The van der Waals surface area contributed by atoms with Crippen LogP contribution in [0.25, 0.3) is 0 Å². The van der Waals surface area contributed by atoms with Crippen LogP contribution < -0.4 is 0 Å². The van der Waals surface area contributed by atoms with E-state index < -0.39 is 17.3 Å². The standard InChI is InChI=1S/C29H40F3N5O2S/c1-27(2,3)39-26(38)37-14-10-21(11-15-37)24-33-34-25(35(24)4)40-17-5-13-36-16-12-28(19-36)18-23(28)20-6-8-22(9-7-20)29(30,31)32/h6-9,21,23H,5,10-19H2,1-4H3. The fourth-order valence-corrected chi connectivity index (χ4v) is 7.10. The van der Waals surface area contributed by atoms with Crippen molar-refractivity contribution in [1.82, 2.24) is 24.6 Å². The Balaban J connectivity index is 1.03. The van der Waals surface area contributed by atoms with Gasteiger partial charge in [0.2, 0.25) is 0 Å². The molecule has 220 valence electrons. The molecule has 2 saturated heterocycles. The highest BCUT2D eigenvalue weighted by Gasteiger charge is 2.57. The fraction of sp³-hybridized carbons (Fsp3) is 0.690. The summed E-state index contributed by atoms with van der Waals surface area (Å²) in [7, 11) is 2.02. The lowest BCUT2D eigenvalue weighted by Gasteiger charge is -2.33. The Bertz CT molecular complexity index is 1190. The SMILES string of the molecule is Cn1c(SCCCN2CCC3(CC3c3ccc(C(F)(F)F)cc3)C2)nnc1C1CCN(C(=O)OC(C)(C)C)CC1. The minimum atomic E-state index is -4.28. The zero-order chi connectivity index (χ0) is 28.7. The van der Waals surface area contributed by atoms with E-state index in [0.717, 1.165) is 74.0 Å². The van der Waals surface area contributed by atoms with Gasteiger partial charge in [0.15, 0.2) is 5.16 Å². The molecule has 2 atom stereocenters. The summed E-state index contributed by atoms with van der Waals surface area (Å²) in [6, 6.07) is 5.77. The molecule has 0 N–H and O–H groups in total. The number of nitrogens with zero attached hydrogens (tertiary/aromatic N) is 5. The average Bonchev–Trinajstić information content (AvgIpc) is 3.23. The smallest absolute Gasteiger partial charge is 0.416 e. The van der Waals surface area contributed by atoms with E-state index in [1.165, 1.54) is 12.1 Å². The van der Waals surface area contributed by atoms with Crippen molar-refractivity contribution in [1.29, 1.82) is 0 Å². The highest BCUT2D eigenvalue weighted by atomic mass is 32.2. The van der Waals surface area contributed by atoms with Gasteiger partial charge in [-0.05, 0) is 95.0 Å². The Morgan fingerprint density at radius 3 is 2.45 bits per heavy atom. The molecule has 2 unspecified atom stereocenters. The zero-order valence-corrected chi connectivity index (χ0v) is 24.7. The molecule has 3 fully saturated rings. The summed E-state index contributed by atoms with van der Waals surface area (Å²) >= 11 is 1.73. The van der Waals surface area contributed by atoms with Gasteiger partial charge in [-0.15, -0.1) is 10.2 Å². The van der Waals surface area contributed by atoms with E-state index in [9.17, 15) is 18.0 Å². The molecule has 1 saturated carbocycles. The van der Waals surface area contributed by atoms with Gasteiger partial charge in [0.1, 0.15) is 11.4 Å². The molecule has 0 radical (unpaired) electrons. The molecule has 11 heteroatoms. The number of amides is 1. The number of piperidine rings is 1. The van der Waals surface area contributed by atoms with Crippen molar-refractivity contribution < 1.29 is 22.7 Å². The van der Waals surface area contributed by atoms with Gasteiger partial charge in [0.05, 0.1) is 5.56 Å². The van der Waals surface area contributed by atoms with Gasteiger partial charge >= 0.3 is 12.3 Å². The second kappa shape index (κ2) is 11.2. The highest BCUT2D eigenvalue weighted by molar-refractivity contribution is 7.99. The summed E-state index contributed by atoms with van der Waals surface area (Å²) in [4.78, 5) is 16.6. The number of rotatable bonds is 7. The van der Waals surface area contributed by atoms with E-state index in [1.54, 1.807) is 28.8 Å². The molecule has 1 spiro atoms. The first kappa shape index (κ1) is 29.2. The number of aromatic nitrogens is 3. The van der Waals surface area contributed by atoms with Crippen molar-refractivity contribution in [3.63, 3.8) is 0 Å². The molecule has 40 heavy (non-hydrogen) atoms. The largest absolute Gasteiger partial charge is 0.444 e. The van der Waals surface area contributed by atoms with Gasteiger partial charge in [-0.3, -0.25) is 0 Å². The van der Waals surface area contributed by atoms with Gasteiger partial charge < -0.3 is 19.1 Å². The Morgan fingerprint density at radius 1 is 1.10 bits per heavy atom. The van der Waals surface area contributed by atoms with Crippen LogP contribution >= 0.6 is 11.8 Å². The van der Waals surface area contributed by atoms with Gasteiger partial charge in [-0.25, -0.2) is 4.79 Å². The Labute approximate surface area is 238 Å². The molecule has 2 aliphatic heterocycles. The molecule has 5 rings (SSSR count). The predicted molar refractivity (Wildman–Crippen MR) is 148 cm³/mol. The maximum atomic E-state index is 12.9. The summed E-state index contributed by atoms with van der Waals surface area (Å²) in [5, 5.41) is 9.86. The third kappa shape index (κ3) is 6.61. The van der Waals surface area contributed by atoms with Crippen LogP contribution in [0.5, 0.6) is 0 Å². The van der Waals surface area contributed by atoms with Crippen LogP contribution in [0.15, 0.2) is 29.4 Å². The molecule has 1 amide bonds. The van der Waals surface area contributed by atoms with Crippen LogP contribution in [-0.4, -0.2) is 74.7 Å². The van der Waals surface area contributed by atoms with Crippen LogP contribution in [0.1, 0.15) is 81.7 Å². The second-order valence-corrected chi connectivity index (χ2v) is 13.7. The Kier molecular flexibility index (Phi) is 8.18. The number of halogens is 3. The average molecular weight is 580 g/mol. The number of benzene rings is 1. The number of alkyl halides is 3. The summed E-state index contributed by atoms with van der Waals surface area (Å²) in [6.45, 7) is 10.1. The molecule has 1 aliphatic carbocycles. The van der Waals surface area contributed by atoms with E-state index in [0.29, 0.717) is 19.0 Å². The van der Waals surface area contributed by atoms with Gasteiger partial charge in [0, 0.05) is 38.4 Å². The molecule has 3 heterocycles. The highest BCUT2D eigenvalue weighted by Crippen LogP contribution is 2.64. The van der Waals surface area contributed by atoms with Gasteiger partial charge in [0.25, 0.3) is 0 Å². The van der Waals surface area contributed by atoms with Crippen LogP contribution in [-0.2, 0) is 18.0 Å². The maximum Gasteiger partial charge on any atom is 0.416 e. The fourth-order valence-electron chi connectivity index (χ4n) is 6.26. The van der Waals surface area contributed by atoms with Crippen molar-refractivity contribution >= 4 is 17.9 Å². The summed E-state index contributed by atoms with van der Waals surface area (Å²) in [5.41, 5.74) is 0.217. The quantitative estimate of drug-likeness (QED) is 0.283. The number of ether oxygens (including phenoxy) is 1. The first-order valence-corrected chi connectivity index (χ1v) is 15.2. The maximum absolute atomic E-state index is 12.9. The Hall–Kier alpha value is -2.27. The topological polar surface area (TPSA) is 63.5 Å². The number of carbonyl (C=O) groups is 1. The molecule has 7 nitrogen and oxygen atoms in total. The lowest BCUT2D eigenvalue weighted by Crippen LogP contribution is -2.41. The minimum absolute atomic E-state index is 0.241. The van der Waals surface area contributed by atoms with Crippen molar-refractivity contribution in [2.45, 2.75) is 81.6 Å². The molecule has 1 aromatic carbocycles. The van der Waals surface area contributed by atoms with Crippen LogP contribution in [0.3, 0.4) is 0 Å². The normalized spacial score (nSPS) is 24.2. The number of thioether (sulfide) groups is 1. The molecular formula is C29H40F3N5O2S. The van der Waals surface area contributed by atoms with E-state index in [2.05, 4.69) is 19.7 Å². The van der Waals surface area contributed by atoms with Gasteiger partial charge in [-0.1, -0.05) is 23.9 Å². The number of hydrogen-bond acceptors (Lipinski definition) is 6. The summed E-state index contributed by atoms with van der Waals surface area (Å²) < 4.78 is 46.3. The second-order valence-electron chi connectivity index (χ2n) is 12.6. The third-order valence-corrected chi connectivity index (χ3v) is 9.63. The van der Waals surface area contributed by atoms with E-state index in [1.807, 2.05) is 27.8 Å². The molecule has 2 aromatic rings. The van der Waals surface area contributed by atoms with Crippen molar-refractivity contribution in [2.75, 3.05) is 38.5 Å². The number of carbonyl (C=O) groups excluding carboxylic acids is 1. The summed E-state index contributed by atoms with van der Waals surface area (Å²) in [5.74, 6) is 2.59. The van der Waals surface area contributed by atoms with Crippen molar-refractivity contribution in [2.24, 2.45) is 12.5 Å². The van der Waals surface area contributed by atoms with Gasteiger partial charge in [-0.2, -0.15) is 13.2 Å². The number of likely N-dealkylation sites (tertiary alicyclic amines) is 2. The van der Waals surface area contributed by atoms with E-state index in [-0.39, 0.29) is 17.4 Å². The lowest BCUT2D eigenvalue weighted by atomic mass is 9.96. The first-order valence-electron chi connectivity index (χ1n) is 14.2. The first-order chi connectivity index (χ1) is 18.8. The number of hydrogen-bond donors (Lipinski definition) is 0. The molecule has 1 aromatic heterocycles. The predicted octanol–water partition coefficient (Wildman–Crippen LogP) is 6.31. The van der Waals surface area contributed by atoms with E-state index in [4.69, 9.17) is 4.74 Å². The molecule has 3 aliphatic rings.